The van der Waals surface area contributed by atoms with Crippen LogP contribution in [0.25, 0.3) is 0 Å². The van der Waals surface area contributed by atoms with Crippen LogP contribution in [-0.4, -0.2) is 82.6 Å². The Labute approximate surface area is 209 Å². The van der Waals surface area contributed by atoms with E-state index >= 15 is 0 Å². The number of nitrogens with one attached hydrogen (secondary N) is 3. The molecule has 0 bridgehead atoms. The minimum absolute atomic E-state index is 0.0826. The Morgan fingerprint density at radius 2 is 1.44 bits per heavy atom. The van der Waals surface area contributed by atoms with Gasteiger partial charge in [-0.2, -0.15) is 0 Å². The number of hydrogen-bond donors (Lipinski definition) is 9. The molecule has 15 nitrogen and oxygen atoms in total. The third-order valence-electron chi connectivity index (χ3n) is 5.45. The molecule has 0 radical (unpaired) electrons. The van der Waals surface area contributed by atoms with Crippen molar-refractivity contribution in [1.82, 2.24) is 16.0 Å². The Morgan fingerprint density at radius 1 is 0.889 bits per heavy atom. The molecule has 0 saturated carbocycles. The van der Waals surface area contributed by atoms with E-state index in [0.29, 0.717) is 12.8 Å². The number of carbonyl (C=O) groups is 5. The van der Waals surface area contributed by atoms with Crippen molar-refractivity contribution in [3.8, 4) is 0 Å². The first kappa shape index (κ1) is 32.5. The summed E-state index contributed by atoms with van der Waals surface area (Å²) < 4.78 is 0. The molecule has 4 amide bonds. The molecule has 0 aliphatic rings. The normalized spacial score (nSPS) is 15.8. The van der Waals surface area contributed by atoms with Gasteiger partial charge < -0.3 is 49.1 Å². The van der Waals surface area contributed by atoms with Crippen molar-refractivity contribution in [3.05, 3.63) is 0 Å². The number of amides is 4. The van der Waals surface area contributed by atoms with Gasteiger partial charge in [0.2, 0.25) is 23.6 Å². The minimum Gasteiger partial charge on any atom is -0.480 e. The second-order valence-electron chi connectivity index (χ2n) is 8.56. The largest absolute Gasteiger partial charge is 0.480 e. The maximum Gasteiger partial charge on any atom is 0.326 e. The third-order valence-corrected chi connectivity index (χ3v) is 5.45. The summed E-state index contributed by atoms with van der Waals surface area (Å²) in [5, 5.41) is 26.5. The summed E-state index contributed by atoms with van der Waals surface area (Å²) in [5.41, 5.74) is 21.4. The summed E-state index contributed by atoms with van der Waals surface area (Å²) in [5.74, 6) is -4.98. The van der Waals surface area contributed by atoms with Gasteiger partial charge in [0.25, 0.3) is 0 Å². The van der Waals surface area contributed by atoms with E-state index in [0.717, 1.165) is 0 Å². The minimum atomic E-state index is -1.54. The molecule has 0 heterocycles. The van der Waals surface area contributed by atoms with Crippen molar-refractivity contribution in [1.29, 1.82) is 0 Å². The van der Waals surface area contributed by atoms with Crippen molar-refractivity contribution in [2.45, 2.75) is 83.1 Å². The molecule has 6 unspecified atom stereocenters. The van der Waals surface area contributed by atoms with Crippen LogP contribution in [0.2, 0.25) is 0 Å². The fourth-order valence-corrected chi connectivity index (χ4v) is 3.07. The van der Waals surface area contributed by atoms with Gasteiger partial charge in [-0.3, -0.25) is 24.2 Å². The van der Waals surface area contributed by atoms with Gasteiger partial charge in [0.15, 0.2) is 5.96 Å². The number of carboxylic acid groups (broad SMARTS) is 1. The number of nitrogens with zero attached hydrogens (tertiary/aromatic N) is 1. The molecule has 0 spiro atoms. The van der Waals surface area contributed by atoms with E-state index < -0.39 is 59.9 Å². The predicted octanol–water partition coefficient (Wildman–Crippen LogP) is -3.40. The van der Waals surface area contributed by atoms with Crippen LogP contribution in [0.3, 0.4) is 0 Å². The summed E-state index contributed by atoms with van der Waals surface area (Å²) in [4.78, 5) is 64.4. The average molecular weight is 517 g/mol. The monoisotopic (exact) mass is 516 g/mol. The van der Waals surface area contributed by atoms with Crippen molar-refractivity contribution in [2.75, 3.05) is 6.54 Å². The van der Waals surface area contributed by atoms with E-state index in [9.17, 15) is 34.2 Å². The maximum absolute atomic E-state index is 13.0. The van der Waals surface area contributed by atoms with Gasteiger partial charge >= 0.3 is 5.97 Å². The van der Waals surface area contributed by atoms with E-state index in [1.807, 2.05) is 0 Å². The number of aliphatic imine (C=N–C) groups is 1. The SMILES string of the molecule is CCC(C)C(NC(=O)C(N)CCCN=C(N)N)C(=O)NC(C(=O)NC(CCC(N)=O)C(=O)O)C(C)O. The van der Waals surface area contributed by atoms with Gasteiger partial charge in [-0.25, -0.2) is 4.79 Å². The van der Waals surface area contributed by atoms with Crippen molar-refractivity contribution in [3.63, 3.8) is 0 Å². The fourth-order valence-electron chi connectivity index (χ4n) is 3.07. The Balaban J connectivity index is 5.38. The molecule has 0 aromatic heterocycles. The number of aliphatic hydroxyl groups excluding tert-OH is 1. The van der Waals surface area contributed by atoms with E-state index in [1.165, 1.54) is 6.92 Å². The second kappa shape index (κ2) is 16.3. The van der Waals surface area contributed by atoms with Crippen molar-refractivity contribution in [2.24, 2.45) is 33.8 Å². The maximum atomic E-state index is 13.0. The predicted molar refractivity (Wildman–Crippen MR) is 131 cm³/mol. The smallest absolute Gasteiger partial charge is 0.326 e. The Hall–Kier alpha value is -3.46. The number of carbonyl (C=O) groups excluding carboxylic acids is 4. The molecule has 0 saturated heterocycles. The first-order valence-corrected chi connectivity index (χ1v) is 11.6. The zero-order valence-electron chi connectivity index (χ0n) is 20.9. The van der Waals surface area contributed by atoms with E-state index in [-0.39, 0.29) is 37.7 Å². The molecule has 6 atom stereocenters. The summed E-state index contributed by atoms with van der Waals surface area (Å²) in [6, 6.07) is -5.05. The summed E-state index contributed by atoms with van der Waals surface area (Å²) in [7, 11) is 0. The van der Waals surface area contributed by atoms with Gasteiger partial charge in [0, 0.05) is 13.0 Å². The highest BCUT2D eigenvalue weighted by Gasteiger charge is 2.34. The molecule has 0 aliphatic heterocycles. The third kappa shape index (κ3) is 12.3. The van der Waals surface area contributed by atoms with Gasteiger partial charge in [0.05, 0.1) is 12.1 Å². The summed E-state index contributed by atoms with van der Waals surface area (Å²) >= 11 is 0. The van der Waals surface area contributed by atoms with Crippen LogP contribution in [0.5, 0.6) is 0 Å². The Morgan fingerprint density at radius 3 is 1.92 bits per heavy atom. The van der Waals surface area contributed by atoms with E-state index in [1.54, 1.807) is 13.8 Å². The lowest BCUT2D eigenvalue weighted by Gasteiger charge is -2.29. The van der Waals surface area contributed by atoms with Crippen LogP contribution in [0.1, 0.15) is 52.9 Å². The molecule has 0 aliphatic carbocycles. The van der Waals surface area contributed by atoms with Crippen LogP contribution in [-0.2, 0) is 24.0 Å². The second-order valence-corrected chi connectivity index (χ2v) is 8.56. The van der Waals surface area contributed by atoms with E-state index in [2.05, 4.69) is 20.9 Å². The van der Waals surface area contributed by atoms with Gasteiger partial charge in [0.1, 0.15) is 18.1 Å². The molecule has 15 heteroatoms. The van der Waals surface area contributed by atoms with Crippen molar-refractivity contribution < 1.29 is 34.2 Å². The zero-order chi connectivity index (χ0) is 28.0. The number of guanidine groups is 1. The first-order valence-electron chi connectivity index (χ1n) is 11.6. The standard InChI is InChI=1S/C21H40N8O7/c1-4-10(2)15(28-17(32)12(22)6-5-9-26-21(24)25)18(33)29-16(11(3)30)19(34)27-13(20(35)36)7-8-14(23)31/h10-13,15-16,30H,4-9,22H2,1-3H3,(H2,23,31)(H,27,34)(H,28,32)(H,29,33)(H,35,36)(H4,24,25,26). The number of rotatable bonds is 17. The highest BCUT2D eigenvalue weighted by Crippen LogP contribution is 2.10. The van der Waals surface area contributed by atoms with Crippen LogP contribution < -0.4 is 38.9 Å². The van der Waals surface area contributed by atoms with Crippen LogP contribution in [0.4, 0.5) is 0 Å². The Kier molecular flexibility index (Phi) is 14.7. The van der Waals surface area contributed by atoms with Crippen LogP contribution in [0, 0.1) is 5.92 Å². The molecule has 206 valence electrons. The molecular weight excluding hydrogens is 476 g/mol. The lowest BCUT2D eigenvalue weighted by Crippen LogP contribution is -2.61. The summed E-state index contributed by atoms with van der Waals surface area (Å²) in [6.07, 6.45) is -0.820. The molecular formula is C21H40N8O7. The van der Waals surface area contributed by atoms with Gasteiger partial charge in [-0.05, 0) is 32.1 Å². The lowest BCUT2D eigenvalue weighted by molar-refractivity contribution is -0.143. The van der Waals surface area contributed by atoms with Gasteiger partial charge in [-0.15, -0.1) is 0 Å². The molecule has 13 N–H and O–H groups in total. The lowest BCUT2D eigenvalue weighted by atomic mass is 9.96. The molecule has 36 heavy (non-hydrogen) atoms. The average Bonchev–Trinajstić information content (AvgIpc) is 2.79. The van der Waals surface area contributed by atoms with Gasteiger partial charge in [-0.1, -0.05) is 20.3 Å². The zero-order valence-corrected chi connectivity index (χ0v) is 20.9. The molecule has 0 rings (SSSR count). The number of aliphatic hydroxyl groups is 1. The highest BCUT2D eigenvalue weighted by atomic mass is 16.4. The van der Waals surface area contributed by atoms with E-state index in [4.69, 9.17) is 22.9 Å². The molecule has 0 aromatic carbocycles. The number of carboxylic acids is 1. The Bertz CT molecular complexity index is 801. The highest BCUT2D eigenvalue weighted by molar-refractivity contribution is 5.94. The van der Waals surface area contributed by atoms with Crippen LogP contribution >= 0.6 is 0 Å². The fraction of sp³-hybridized carbons (Fsp3) is 0.714. The number of primary amides is 1. The van der Waals surface area contributed by atoms with Crippen LogP contribution in [0.15, 0.2) is 4.99 Å². The number of aliphatic carboxylic acids is 1. The first-order chi connectivity index (χ1) is 16.7. The number of nitrogens with two attached hydrogens (primary N) is 4. The quantitative estimate of drug-likeness (QED) is 0.0524. The topological polar surface area (TPSA) is 278 Å². The van der Waals surface area contributed by atoms with Crippen molar-refractivity contribution >= 4 is 35.6 Å². The molecule has 0 aromatic rings. The number of hydrogen-bond acceptors (Lipinski definition) is 8. The summed E-state index contributed by atoms with van der Waals surface area (Å²) in [6.45, 7) is 5.01. The molecule has 0 fully saturated rings.